The highest BCUT2D eigenvalue weighted by Crippen LogP contribution is 2.25. The fourth-order valence-corrected chi connectivity index (χ4v) is 2.79. The number of rotatable bonds is 5. The molecule has 0 saturated carbocycles. The summed E-state index contributed by atoms with van der Waals surface area (Å²) in [7, 11) is 2.01. The van der Waals surface area contributed by atoms with E-state index < -0.39 is 0 Å². The van der Waals surface area contributed by atoms with E-state index in [4.69, 9.17) is 0 Å². The van der Waals surface area contributed by atoms with E-state index in [0.29, 0.717) is 12.0 Å². The number of carbonyl (C=O) groups is 1. The molecule has 0 aliphatic carbocycles. The van der Waals surface area contributed by atoms with Gasteiger partial charge in [0.15, 0.2) is 0 Å². The molecule has 4 heteroatoms. The number of likely N-dealkylation sites (N-methyl/N-ethyl adjacent to an activating group) is 1. The van der Waals surface area contributed by atoms with E-state index in [1.165, 1.54) is 12.0 Å². The van der Waals surface area contributed by atoms with E-state index in [2.05, 4.69) is 22.5 Å². The molecular weight excluding hydrogens is 250 g/mol. The maximum absolute atomic E-state index is 12.0. The number of carbonyl (C=O) groups excluding carboxylic acids is 1. The molecule has 2 rings (SSSR count). The smallest absolute Gasteiger partial charge is 0.238 e. The van der Waals surface area contributed by atoms with Gasteiger partial charge in [-0.3, -0.25) is 9.69 Å². The molecule has 1 fully saturated rings. The highest BCUT2D eigenvalue weighted by Gasteiger charge is 2.29. The Hall–Kier alpha value is -1.39. The van der Waals surface area contributed by atoms with Gasteiger partial charge in [-0.25, -0.2) is 0 Å². The summed E-state index contributed by atoms with van der Waals surface area (Å²) < 4.78 is 0. The normalized spacial score (nSPS) is 22.2. The first-order chi connectivity index (χ1) is 9.47. The standard InChI is InChI=1S/C16H25N3O/c1-13-4-6-14(7-5-13)18-15(20)10-19(3)12-16(2)8-9-17-11-16/h4-7,17H,8-12H2,1-3H3,(H,18,20). The lowest BCUT2D eigenvalue weighted by Gasteiger charge is -2.28. The zero-order chi connectivity index (χ0) is 14.6. The van der Waals surface area contributed by atoms with E-state index in [1.54, 1.807) is 0 Å². The van der Waals surface area contributed by atoms with Crippen molar-refractivity contribution in [3.05, 3.63) is 29.8 Å². The quantitative estimate of drug-likeness (QED) is 0.862. The third-order valence-electron chi connectivity index (χ3n) is 3.86. The van der Waals surface area contributed by atoms with E-state index >= 15 is 0 Å². The topological polar surface area (TPSA) is 44.4 Å². The second-order valence-electron chi connectivity index (χ2n) is 6.32. The van der Waals surface area contributed by atoms with Gasteiger partial charge < -0.3 is 10.6 Å². The van der Waals surface area contributed by atoms with Gasteiger partial charge >= 0.3 is 0 Å². The number of hydrogen-bond acceptors (Lipinski definition) is 3. The van der Waals surface area contributed by atoms with Crippen molar-refractivity contribution in [3.63, 3.8) is 0 Å². The first-order valence-electron chi connectivity index (χ1n) is 7.23. The first-order valence-corrected chi connectivity index (χ1v) is 7.23. The van der Waals surface area contributed by atoms with Crippen LogP contribution in [-0.4, -0.2) is 44.0 Å². The number of nitrogens with one attached hydrogen (secondary N) is 2. The minimum Gasteiger partial charge on any atom is -0.325 e. The maximum atomic E-state index is 12.0. The van der Waals surface area contributed by atoms with Crippen molar-refractivity contribution >= 4 is 11.6 Å². The lowest BCUT2D eigenvalue weighted by molar-refractivity contribution is -0.117. The molecule has 0 aromatic heterocycles. The molecular formula is C16H25N3O. The van der Waals surface area contributed by atoms with Crippen LogP contribution < -0.4 is 10.6 Å². The molecule has 1 unspecified atom stereocenters. The van der Waals surface area contributed by atoms with Crippen LogP contribution >= 0.6 is 0 Å². The number of anilines is 1. The molecule has 1 aromatic rings. The Morgan fingerprint density at radius 1 is 1.40 bits per heavy atom. The van der Waals surface area contributed by atoms with Gasteiger partial charge in [-0.1, -0.05) is 24.6 Å². The number of benzene rings is 1. The van der Waals surface area contributed by atoms with Crippen LogP contribution in [-0.2, 0) is 4.79 Å². The number of nitrogens with zero attached hydrogens (tertiary/aromatic N) is 1. The molecule has 1 atom stereocenters. The third kappa shape index (κ3) is 4.32. The molecule has 0 bridgehead atoms. The average Bonchev–Trinajstić information content (AvgIpc) is 2.78. The Morgan fingerprint density at radius 2 is 2.10 bits per heavy atom. The van der Waals surface area contributed by atoms with Crippen molar-refractivity contribution in [3.8, 4) is 0 Å². The summed E-state index contributed by atoms with van der Waals surface area (Å²) in [4.78, 5) is 14.1. The number of aryl methyl sites for hydroxylation is 1. The zero-order valence-corrected chi connectivity index (χ0v) is 12.7. The Bertz CT molecular complexity index is 449. The van der Waals surface area contributed by atoms with Crippen LogP contribution in [0.2, 0.25) is 0 Å². The van der Waals surface area contributed by atoms with Crippen molar-refractivity contribution in [2.45, 2.75) is 20.3 Å². The summed E-state index contributed by atoms with van der Waals surface area (Å²) in [5.74, 6) is 0.0471. The van der Waals surface area contributed by atoms with Gasteiger partial charge in [0.05, 0.1) is 6.54 Å². The predicted octanol–water partition coefficient (Wildman–Crippen LogP) is 1.86. The van der Waals surface area contributed by atoms with Gasteiger partial charge in [0.25, 0.3) is 0 Å². The summed E-state index contributed by atoms with van der Waals surface area (Å²) in [6.45, 7) is 7.82. The van der Waals surface area contributed by atoms with Crippen LogP contribution in [0.4, 0.5) is 5.69 Å². The van der Waals surface area contributed by atoms with Crippen LogP contribution in [0.5, 0.6) is 0 Å². The highest BCUT2D eigenvalue weighted by atomic mass is 16.2. The van der Waals surface area contributed by atoms with Gasteiger partial charge in [-0.05, 0) is 44.5 Å². The fourth-order valence-electron chi connectivity index (χ4n) is 2.79. The molecule has 1 aliphatic heterocycles. The highest BCUT2D eigenvalue weighted by molar-refractivity contribution is 5.92. The van der Waals surface area contributed by atoms with Crippen molar-refractivity contribution in [2.24, 2.45) is 5.41 Å². The van der Waals surface area contributed by atoms with E-state index in [-0.39, 0.29) is 5.91 Å². The molecule has 1 aliphatic rings. The molecule has 1 heterocycles. The van der Waals surface area contributed by atoms with Crippen LogP contribution in [0.3, 0.4) is 0 Å². The van der Waals surface area contributed by atoms with Crippen molar-refractivity contribution in [2.75, 3.05) is 38.5 Å². The Kier molecular flexibility index (Phi) is 4.78. The Labute approximate surface area is 121 Å². The molecule has 0 spiro atoms. The summed E-state index contributed by atoms with van der Waals surface area (Å²) in [5.41, 5.74) is 2.35. The Balaban J connectivity index is 1.80. The summed E-state index contributed by atoms with van der Waals surface area (Å²) in [5, 5.41) is 6.33. The van der Waals surface area contributed by atoms with Gasteiger partial charge in [-0.15, -0.1) is 0 Å². The Morgan fingerprint density at radius 3 is 2.70 bits per heavy atom. The monoisotopic (exact) mass is 275 g/mol. The SMILES string of the molecule is Cc1ccc(NC(=O)CN(C)CC2(C)CCNC2)cc1. The van der Waals surface area contributed by atoms with Crippen molar-refractivity contribution < 1.29 is 4.79 Å². The lowest BCUT2D eigenvalue weighted by atomic mass is 9.89. The molecule has 2 N–H and O–H groups in total. The van der Waals surface area contributed by atoms with Gasteiger partial charge in [0.1, 0.15) is 0 Å². The van der Waals surface area contributed by atoms with Crippen molar-refractivity contribution in [1.29, 1.82) is 0 Å². The number of hydrogen-bond donors (Lipinski definition) is 2. The molecule has 1 amide bonds. The van der Waals surface area contributed by atoms with Gasteiger partial charge in [0, 0.05) is 18.8 Å². The molecule has 110 valence electrons. The van der Waals surface area contributed by atoms with E-state index in [9.17, 15) is 4.79 Å². The minimum absolute atomic E-state index is 0.0471. The van der Waals surface area contributed by atoms with Gasteiger partial charge in [0.2, 0.25) is 5.91 Å². The maximum Gasteiger partial charge on any atom is 0.238 e. The second-order valence-corrected chi connectivity index (χ2v) is 6.32. The predicted molar refractivity (Wildman–Crippen MR) is 82.9 cm³/mol. The third-order valence-corrected chi connectivity index (χ3v) is 3.86. The van der Waals surface area contributed by atoms with Crippen LogP contribution in [0, 0.1) is 12.3 Å². The molecule has 20 heavy (non-hydrogen) atoms. The largest absolute Gasteiger partial charge is 0.325 e. The van der Waals surface area contributed by atoms with Gasteiger partial charge in [-0.2, -0.15) is 0 Å². The van der Waals surface area contributed by atoms with E-state index in [0.717, 1.165) is 25.3 Å². The number of amides is 1. The molecule has 1 saturated heterocycles. The molecule has 4 nitrogen and oxygen atoms in total. The lowest BCUT2D eigenvalue weighted by Crippen LogP contribution is -2.39. The summed E-state index contributed by atoms with van der Waals surface area (Å²) in [6.07, 6.45) is 1.18. The zero-order valence-electron chi connectivity index (χ0n) is 12.7. The minimum atomic E-state index is 0.0471. The first kappa shape index (κ1) is 15.0. The van der Waals surface area contributed by atoms with Crippen LogP contribution in [0.25, 0.3) is 0 Å². The van der Waals surface area contributed by atoms with Crippen molar-refractivity contribution in [1.82, 2.24) is 10.2 Å². The second kappa shape index (κ2) is 6.37. The van der Waals surface area contributed by atoms with Crippen LogP contribution in [0.15, 0.2) is 24.3 Å². The average molecular weight is 275 g/mol. The molecule has 1 aromatic carbocycles. The summed E-state index contributed by atoms with van der Waals surface area (Å²) in [6, 6.07) is 7.89. The van der Waals surface area contributed by atoms with E-state index in [1.807, 2.05) is 38.2 Å². The molecule has 0 radical (unpaired) electrons. The fraction of sp³-hybridized carbons (Fsp3) is 0.562. The summed E-state index contributed by atoms with van der Waals surface area (Å²) >= 11 is 0. The van der Waals surface area contributed by atoms with Crippen LogP contribution in [0.1, 0.15) is 18.9 Å².